The molecule has 1 aliphatic heterocycles. The number of aromatic nitrogens is 5. The Balaban J connectivity index is 1.21. The third-order valence-electron chi connectivity index (χ3n) is 5.95. The van der Waals surface area contributed by atoms with Gasteiger partial charge in [0.05, 0.1) is 10.7 Å². The molecule has 1 saturated carbocycles. The van der Waals surface area contributed by atoms with Gasteiger partial charge in [0, 0.05) is 49.4 Å². The van der Waals surface area contributed by atoms with E-state index in [1.807, 2.05) is 35.1 Å². The van der Waals surface area contributed by atoms with Crippen LogP contribution in [0.4, 0.5) is 5.82 Å². The first kappa shape index (κ1) is 17.1. The molecule has 0 bridgehead atoms. The lowest BCUT2D eigenvalue weighted by molar-refractivity contribution is 0.195. The summed E-state index contributed by atoms with van der Waals surface area (Å²) >= 11 is 1.85. The van der Waals surface area contributed by atoms with Crippen LogP contribution < -0.4 is 4.90 Å². The summed E-state index contributed by atoms with van der Waals surface area (Å²) in [7, 11) is 2.20. The van der Waals surface area contributed by atoms with Crippen LogP contribution >= 0.6 is 11.3 Å². The second-order valence-corrected chi connectivity index (χ2v) is 8.71. The molecule has 3 aromatic heterocycles. The highest BCUT2D eigenvalue weighted by molar-refractivity contribution is 7.09. The van der Waals surface area contributed by atoms with E-state index in [0.29, 0.717) is 12.0 Å². The third kappa shape index (κ3) is 3.10. The van der Waals surface area contributed by atoms with Crippen LogP contribution in [0, 0.1) is 6.92 Å². The number of rotatable bonds is 5. The van der Waals surface area contributed by atoms with Gasteiger partial charge in [0.15, 0.2) is 5.82 Å². The van der Waals surface area contributed by atoms with Crippen LogP contribution in [0.2, 0.25) is 0 Å². The first-order chi connectivity index (χ1) is 13.2. The maximum absolute atomic E-state index is 4.92. The van der Waals surface area contributed by atoms with Gasteiger partial charge >= 0.3 is 0 Å². The molecule has 1 aliphatic carbocycles. The average Bonchev–Trinajstić information content (AvgIpc) is 3.35. The zero-order chi connectivity index (χ0) is 18.4. The van der Waals surface area contributed by atoms with Gasteiger partial charge in [-0.25, -0.2) is 9.97 Å². The highest BCUT2D eigenvalue weighted by atomic mass is 32.1. The number of hydrogen-bond acceptors (Lipinski definition) is 7. The van der Waals surface area contributed by atoms with E-state index in [1.165, 1.54) is 36.4 Å². The van der Waals surface area contributed by atoms with Crippen LogP contribution in [0.25, 0.3) is 5.65 Å². The Kier molecular flexibility index (Phi) is 4.32. The molecule has 8 heteroatoms. The quantitative estimate of drug-likeness (QED) is 0.675. The Morgan fingerprint density at radius 2 is 2.04 bits per heavy atom. The van der Waals surface area contributed by atoms with Crippen LogP contribution in [-0.4, -0.2) is 55.6 Å². The van der Waals surface area contributed by atoms with Crippen molar-refractivity contribution >= 4 is 22.8 Å². The van der Waals surface area contributed by atoms with Crippen molar-refractivity contribution in [3.05, 3.63) is 34.3 Å². The predicted octanol–water partition coefficient (Wildman–Crippen LogP) is 2.87. The molecule has 2 aliphatic rings. The van der Waals surface area contributed by atoms with Gasteiger partial charge < -0.3 is 4.90 Å². The lowest BCUT2D eigenvalue weighted by Crippen LogP contribution is -2.58. The molecule has 0 spiro atoms. The Morgan fingerprint density at radius 1 is 1.22 bits per heavy atom. The van der Waals surface area contributed by atoms with E-state index in [0.717, 1.165) is 36.9 Å². The predicted molar refractivity (Wildman–Crippen MR) is 106 cm³/mol. The first-order valence-electron chi connectivity index (χ1n) is 9.75. The fourth-order valence-electron chi connectivity index (χ4n) is 4.20. The van der Waals surface area contributed by atoms with Crippen molar-refractivity contribution in [1.29, 1.82) is 0 Å². The normalized spacial score (nSPS) is 18.7. The molecule has 2 fully saturated rings. The fraction of sp³-hybridized carbons (Fsp3) is 0.579. The maximum atomic E-state index is 4.92. The van der Waals surface area contributed by atoms with E-state index in [-0.39, 0.29) is 0 Å². The van der Waals surface area contributed by atoms with E-state index in [9.17, 15) is 0 Å². The summed E-state index contributed by atoms with van der Waals surface area (Å²) < 4.78 is 2.00. The molecule has 27 heavy (non-hydrogen) atoms. The lowest BCUT2D eigenvalue weighted by Gasteiger charge is -2.44. The first-order valence-corrected chi connectivity index (χ1v) is 10.6. The zero-order valence-corrected chi connectivity index (χ0v) is 16.7. The molecule has 7 nitrogen and oxygen atoms in total. The standard InChI is InChI=1S/C19H25N7S/c1-13-22-23-18-17(20-7-8-26(13)18)25-10-16(11-25)24(2)9-15-12-27-19(21-15)14-5-3-4-6-14/h7-8,12,14,16H,3-6,9-11H2,1-2H3. The van der Waals surface area contributed by atoms with Crippen LogP contribution in [-0.2, 0) is 6.54 Å². The third-order valence-corrected chi connectivity index (χ3v) is 7.01. The van der Waals surface area contributed by atoms with Crippen molar-refractivity contribution < 1.29 is 0 Å². The molecular formula is C19H25N7S. The van der Waals surface area contributed by atoms with E-state index in [4.69, 9.17) is 4.98 Å². The number of thiazole rings is 1. The smallest absolute Gasteiger partial charge is 0.203 e. The monoisotopic (exact) mass is 383 g/mol. The summed E-state index contributed by atoms with van der Waals surface area (Å²) in [5.41, 5.74) is 2.06. The second kappa shape index (κ2) is 6.83. The highest BCUT2D eigenvalue weighted by Gasteiger charge is 2.33. The van der Waals surface area contributed by atoms with E-state index >= 15 is 0 Å². The van der Waals surface area contributed by atoms with E-state index < -0.39 is 0 Å². The van der Waals surface area contributed by atoms with Crippen molar-refractivity contribution in [3.63, 3.8) is 0 Å². The molecule has 0 aromatic carbocycles. The largest absolute Gasteiger partial charge is 0.350 e. The Hall–Kier alpha value is -2.06. The van der Waals surface area contributed by atoms with Crippen molar-refractivity contribution in [3.8, 4) is 0 Å². The summed E-state index contributed by atoms with van der Waals surface area (Å²) in [6.45, 7) is 4.82. The molecule has 3 aromatic rings. The molecule has 5 rings (SSSR count). The van der Waals surface area contributed by atoms with Gasteiger partial charge in [0.25, 0.3) is 0 Å². The number of likely N-dealkylation sites (N-methyl/N-ethyl adjacent to an activating group) is 1. The topological polar surface area (TPSA) is 62.5 Å². The summed E-state index contributed by atoms with van der Waals surface area (Å²) in [5, 5.41) is 12.1. The summed E-state index contributed by atoms with van der Waals surface area (Å²) in [6.07, 6.45) is 9.12. The Bertz CT molecular complexity index is 937. The van der Waals surface area contributed by atoms with Crippen LogP contribution in [0.1, 0.15) is 48.1 Å². The minimum absolute atomic E-state index is 0.521. The fourth-order valence-corrected chi connectivity index (χ4v) is 5.18. The second-order valence-electron chi connectivity index (χ2n) is 7.82. The van der Waals surface area contributed by atoms with Gasteiger partial charge in [-0.3, -0.25) is 9.30 Å². The van der Waals surface area contributed by atoms with Gasteiger partial charge in [-0.2, -0.15) is 0 Å². The SMILES string of the molecule is Cc1nnc2c(N3CC(N(C)Cc4csc(C5CCCC5)n4)C3)nccn12. The summed E-state index contributed by atoms with van der Waals surface area (Å²) in [4.78, 5) is 14.2. The van der Waals surface area contributed by atoms with Gasteiger partial charge in [0.1, 0.15) is 5.82 Å². The number of anilines is 1. The lowest BCUT2D eigenvalue weighted by atomic mass is 10.1. The van der Waals surface area contributed by atoms with E-state index in [1.54, 1.807) is 0 Å². The maximum Gasteiger partial charge on any atom is 0.203 e. The van der Waals surface area contributed by atoms with Gasteiger partial charge in [0.2, 0.25) is 5.65 Å². The zero-order valence-electron chi connectivity index (χ0n) is 15.9. The van der Waals surface area contributed by atoms with Crippen molar-refractivity contribution in [2.75, 3.05) is 25.0 Å². The number of nitrogens with zero attached hydrogens (tertiary/aromatic N) is 7. The minimum atomic E-state index is 0.521. The number of aryl methyl sites for hydroxylation is 1. The molecule has 1 saturated heterocycles. The van der Waals surface area contributed by atoms with Crippen LogP contribution in [0.3, 0.4) is 0 Å². The highest BCUT2D eigenvalue weighted by Crippen LogP contribution is 2.35. The molecule has 0 unspecified atom stereocenters. The average molecular weight is 384 g/mol. The van der Waals surface area contributed by atoms with Crippen LogP contribution in [0.5, 0.6) is 0 Å². The Labute approximate surface area is 163 Å². The molecular weight excluding hydrogens is 358 g/mol. The molecule has 0 N–H and O–H groups in total. The van der Waals surface area contributed by atoms with Crippen LogP contribution in [0.15, 0.2) is 17.8 Å². The molecule has 0 amide bonds. The van der Waals surface area contributed by atoms with E-state index in [2.05, 4.69) is 37.4 Å². The molecule has 0 radical (unpaired) electrons. The Morgan fingerprint density at radius 3 is 2.85 bits per heavy atom. The van der Waals surface area contributed by atoms with Crippen molar-refractivity contribution in [2.45, 2.75) is 51.1 Å². The van der Waals surface area contributed by atoms with Crippen molar-refractivity contribution in [2.24, 2.45) is 0 Å². The van der Waals surface area contributed by atoms with Crippen molar-refractivity contribution in [1.82, 2.24) is 29.5 Å². The van der Waals surface area contributed by atoms with Gasteiger partial charge in [-0.05, 0) is 26.8 Å². The molecule has 4 heterocycles. The summed E-state index contributed by atoms with van der Waals surface area (Å²) in [6, 6.07) is 0.521. The van der Waals surface area contributed by atoms with Gasteiger partial charge in [-0.1, -0.05) is 12.8 Å². The molecule has 0 atom stereocenters. The number of fused-ring (bicyclic) bond motifs is 1. The van der Waals surface area contributed by atoms with Gasteiger partial charge in [-0.15, -0.1) is 21.5 Å². The minimum Gasteiger partial charge on any atom is -0.350 e. The summed E-state index contributed by atoms with van der Waals surface area (Å²) in [5.74, 6) is 2.54. The molecule has 142 valence electrons. The number of hydrogen-bond donors (Lipinski definition) is 0.